The number of carbonyl (C=O) groups excluding carboxylic acids is 9. The summed E-state index contributed by atoms with van der Waals surface area (Å²) in [6, 6.07) is 8.51. The van der Waals surface area contributed by atoms with Gasteiger partial charge in [-0.1, -0.05) is 70.1 Å². The number of thioether (sulfide) groups is 1. The molecule has 8 amide bonds. The molecule has 14 atom stereocenters. The summed E-state index contributed by atoms with van der Waals surface area (Å²) in [6.45, 7) is -2.26. The summed E-state index contributed by atoms with van der Waals surface area (Å²) >= 11 is 2.61. The standard InChI is InChI=1S/C84H122N14O29S4/c85-84-97-74-58(75(116)98-84)37-46(89-74)7-5-8-53-14-20-67(131-53)81(122)95-65(82(123)124)19-25-73(115)127-34-36-129-130-45-66(83(125)126)96-76(117)60(13-6-30-86-31-26-47(102)38-50(105)41-99)91-79(120)63(17-23-71(111)112)94-78(119)62(16-22-69(109)88-33-28-49(104)40-52(107)43-101)92-80(121)64(18-24-72(113)114)93-77(118)61(15-21-68(108)87-32-27-48(103)39-51(106)42-100)90-70(110)29-35-128-44-59-56-11-3-1-9-54(56)55-10-2-4-12-57(55)59/h1-4,9-12,14,20,37,47-52,59-66,68,86-87,99-108H,5-8,13,15-19,21-36,38-45H2,(H,88,109)(H,90,110)(H,91,120)(H,92,121)(H,93,118)(H,94,119)(H,95,122)(H,96,117)(H,111,112)(H,113,114)(H,123,124)(H,125,126)(H4,85,89,97,98,116)/t47-,48-,49-,50+,51+,52+,60+,61+,62+,63+,64+,65?,66?,68?/m1/s1. The van der Waals surface area contributed by atoms with Crippen molar-refractivity contribution in [3.8, 4) is 11.1 Å². The number of ether oxygens (including phenoxy) is 1. The van der Waals surface area contributed by atoms with E-state index in [9.17, 15) is 139 Å². The number of carboxylic acid groups (broad SMARTS) is 4. The maximum atomic E-state index is 14.9. The van der Waals surface area contributed by atoms with Crippen molar-refractivity contribution in [1.82, 2.24) is 68.1 Å². The number of aromatic amines is 2. The Balaban J connectivity index is 1.14. The number of nitrogens with one attached hydrogen (secondary N) is 12. The molecule has 0 fully saturated rings. The minimum atomic E-state index is -1.97. The first-order valence-electron chi connectivity index (χ1n) is 43.0. The molecule has 28 N–H and O–H groups in total. The predicted molar refractivity (Wildman–Crippen MR) is 483 cm³/mol. The zero-order chi connectivity index (χ0) is 96.1. The van der Waals surface area contributed by atoms with Crippen molar-refractivity contribution in [2.75, 3.05) is 81.4 Å². The molecule has 3 heterocycles. The van der Waals surface area contributed by atoms with Crippen molar-refractivity contribution in [2.24, 2.45) is 0 Å². The Morgan fingerprint density at radius 2 is 1.00 bits per heavy atom. The third-order valence-corrected chi connectivity index (χ3v) is 25.5. The zero-order valence-electron chi connectivity index (χ0n) is 72.1. The molecule has 6 rings (SSSR count). The van der Waals surface area contributed by atoms with Crippen LogP contribution in [0.1, 0.15) is 166 Å². The second-order valence-electron chi connectivity index (χ2n) is 31.4. The first-order valence-corrected chi connectivity index (χ1v) is 47.4. The summed E-state index contributed by atoms with van der Waals surface area (Å²) < 4.78 is 5.28. The Bertz CT molecular complexity index is 4540. The van der Waals surface area contributed by atoms with E-state index in [1.807, 2.05) is 48.5 Å². The first kappa shape index (κ1) is 110. The van der Waals surface area contributed by atoms with E-state index < -0.39 is 227 Å². The van der Waals surface area contributed by atoms with E-state index in [1.165, 1.54) is 17.8 Å². The average molecular weight is 1920 g/mol. The van der Waals surface area contributed by atoms with E-state index in [0.717, 1.165) is 65.7 Å². The highest BCUT2D eigenvalue weighted by Gasteiger charge is 2.36. The molecule has 131 heavy (non-hydrogen) atoms. The number of aliphatic hydroxyl groups excluding tert-OH is 10. The minimum Gasteiger partial charge on any atom is -0.481 e. The number of esters is 1. The quantitative estimate of drug-likeness (QED) is 0.00871. The molecule has 1 aliphatic rings. The molecule has 3 unspecified atom stereocenters. The van der Waals surface area contributed by atoms with Gasteiger partial charge >= 0.3 is 29.8 Å². The smallest absolute Gasteiger partial charge is 0.327 e. The topological polar surface area (TPSA) is 722 Å². The molecule has 0 aliphatic heterocycles. The molecule has 43 nitrogen and oxygen atoms in total. The minimum absolute atomic E-state index is 0.00404. The van der Waals surface area contributed by atoms with Crippen LogP contribution >= 0.6 is 44.7 Å². The summed E-state index contributed by atoms with van der Waals surface area (Å²) in [5.74, 6) is -14.6. The molecule has 0 spiro atoms. The van der Waals surface area contributed by atoms with E-state index in [-0.39, 0.29) is 149 Å². The normalized spacial score (nSPS) is 15.0. The average Bonchev–Trinajstić information content (AvgIpc) is 1.61. The molecule has 5 aromatic rings. The van der Waals surface area contributed by atoms with E-state index >= 15 is 0 Å². The highest BCUT2D eigenvalue weighted by atomic mass is 33.1. The van der Waals surface area contributed by atoms with Crippen LogP contribution in [0.25, 0.3) is 22.2 Å². The van der Waals surface area contributed by atoms with Gasteiger partial charge in [0.2, 0.25) is 47.3 Å². The molecule has 726 valence electrons. The summed E-state index contributed by atoms with van der Waals surface area (Å²) in [5, 5.41) is 165. The largest absolute Gasteiger partial charge is 0.481 e. The number of hydrogen-bond donors (Lipinski definition) is 27. The van der Waals surface area contributed by atoms with Crippen molar-refractivity contribution in [3.63, 3.8) is 0 Å². The summed E-state index contributed by atoms with van der Waals surface area (Å²) in [4.78, 5) is 199. The number of anilines is 1. The van der Waals surface area contributed by atoms with Gasteiger partial charge in [-0.25, -0.2) is 9.59 Å². The van der Waals surface area contributed by atoms with Crippen LogP contribution in [-0.2, 0) is 75.1 Å². The Kier molecular flexibility index (Phi) is 49.3. The lowest BCUT2D eigenvalue weighted by atomic mass is 9.99. The second kappa shape index (κ2) is 58.8. The van der Waals surface area contributed by atoms with Crippen LogP contribution in [-0.4, -0.2) is 324 Å². The number of thiophene rings is 1. The number of rotatable bonds is 68. The van der Waals surface area contributed by atoms with Crippen LogP contribution in [0.5, 0.6) is 0 Å². The SMILES string of the molecule is Nc1nc2[nH]c(CCCc3ccc(C(=O)NC(CCC(=O)OCCSSCC(NC(=O)[C@H](CCCNCC[C@@H](O)C[C@H](O)CO)NC(=O)[C@H](CCC(=O)O)NC(=O)[C@H](CCC(=O)NCC[C@@H](O)C[C@H](O)CO)NC(=O)[C@H](CCC(=O)O)NC(=O)[C@H](CCC(O)NCC[C@@H](O)C[C@H](O)CO)NC(=O)CCSCC4c5ccccc5-c5ccccc54)C(=O)O)C(=O)O)s3)cc2c(=O)[nH]1. The number of nitrogens with two attached hydrogens (primary N) is 1. The maximum Gasteiger partial charge on any atom is 0.327 e. The number of aliphatic carboxylic acids is 4. The lowest BCUT2D eigenvalue weighted by Gasteiger charge is -2.27. The summed E-state index contributed by atoms with van der Waals surface area (Å²) in [5.41, 5.74) is 10.7. The molecule has 2 aromatic carbocycles. The Labute approximate surface area is 769 Å². The number of aryl methyl sites for hydroxylation is 2. The van der Waals surface area contributed by atoms with Gasteiger partial charge in [-0.15, -0.1) is 11.3 Å². The lowest BCUT2D eigenvalue weighted by molar-refractivity contribution is -0.144. The predicted octanol–water partition coefficient (Wildman–Crippen LogP) is -1.95. The molecule has 0 radical (unpaired) electrons. The fourth-order valence-electron chi connectivity index (χ4n) is 13.9. The zero-order valence-corrected chi connectivity index (χ0v) is 75.4. The Morgan fingerprint density at radius 3 is 1.55 bits per heavy atom. The third-order valence-electron chi connectivity index (χ3n) is 20.9. The fourth-order valence-corrected chi connectivity index (χ4v) is 17.9. The van der Waals surface area contributed by atoms with Crippen LogP contribution in [0.3, 0.4) is 0 Å². The summed E-state index contributed by atoms with van der Waals surface area (Å²) in [6.07, 6.45) is -13.9. The number of nitrogens with zero attached hydrogens (tertiary/aromatic N) is 1. The number of benzene rings is 2. The number of aromatic nitrogens is 3. The molecule has 3 aromatic heterocycles. The number of fused-ring (bicyclic) bond motifs is 4. The van der Waals surface area contributed by atoms with Gasteiger partial charge in [0.05, 0.1) is 66.7 Å². The van der Waals surface area contributed by atoms with E-state index in [4.69, 9.17) is 10.5 Å². The van der Waals surface area contributed by atoms with E-state index in [2.05, 4.69) is 68.1 Å². The van der Waals surface area contributed by atoms with E-state index in [1.54, 1.807) is 12.1 Å². The Hall–Kier alpha value is -9.96. The van der Waals surface area contributed by atoms with Crippen molar-refractivity contribution >= 4 is 139 Å². The lowest BCUT2D eigenvalue weighted by Crippen LogP contribution is -2.59. The second-order valence-corrected chi connectivity index (χ2v) is 36.4. The maximum absolute atomic E-state index is 14.9. The fraction of sp³-hybridized carbons (Fsp3) is 0.583. The molecular formula is C84H122N14O29S4. The van der Waals surface area contributed by atoms with Crippen molar-refractivity contribution < 1.29 is 139 Å². The third kappa shape index (κ3) is 40.6. The number of hydrogen-bond acceptors (Lipinski definition) is 33. The monoisotopic (exact) mass is 1920 g/mol. The van der Waals surface area contributed by atoms with Gasteiger partial charge in [-0.05, 0) is 150 Å². The van der Waals surface area contributed by atoms with Crippen LogP contribution in [0.15, 0.2) is 71.5 Å². The number of carbonyl (C=O) groups is 13. The molecule has 0 saturated carbocycles. The van der Waals surface area contributed by atoms with Gasteiger partial charge < -0.3 is 135 Å². The van der Waals surface area contributed by atoms with Gasteiger partial charge in [0.15, 0.2) is 0 Å². The molecule has 0 bridgehead atoms. The van der Waals surface area contributed by atoms with Crippen LogP contribution < -0.4 is 64.5 Å². The van der Waals surface area contributed by atoms with Gasteiger partial charge in [0, 0.05) is 97.4 Å². The number of carboxylic acids is 4. The summed E-state index contributed by atoms with van der Waals surface area (Å²) in [7, 11) is 1.91. The number of nitrogen functional groups attached to an aromatic ring is 1. The van der Waals surface area contributed by atoms with Crippen LogP contribution in [0.2, 0.25) is 0 Å². The number of H-pyrrole nitrogens is 2. The van der Waals surface area contributed by atoms with Crippen molar-refractivity contribution in [3.05, 3.63) is 104 Å². The van der Waals surface area contributed by atoms with Crippen LogP contribution in [0, 0.1) is 0 Å². The van der Waals surface area contributed by atoms with E-state index in [0.29, 0.717) is 36.0 Å². The van der Waals surface area contributed by atoms with Crippen molar-refractivity contribution in [2.45, 2.75) is 232 Å². The van der Waals surface area contributed by atoms with Crippen molar-refractivity contribution in [1.29, 1.82) is 0 Å². The number of aliphatic hydroxyl groups is 10. The highest BCUT2D eigenvalue weighted by Crippen LogP contribution is 2.46. The molecule has 1 aliphatic carbocycles. The molecular weight excluding hydrogens is 1800 g/mol. The highest BCUT2D eigenvalue weighted by molar-refractivity contribution is 8.76. The van der Waals surface area contributed by atoms with Crippen LogP contribution in [0.4, 0.5) is 5.95 Å². The van der Waals surface area contributed by atoms with Gasteiger partial charge in [-0.2, -0.15) is 16.7 Å². The number of amides is 8. The molecule has 47 heteroatoms. The molecule has 0 saturated heterocycles. The first-order chi connectivity index (χ1) is 62.5. The Morgan fingerprint density at radius 1 is 0.489 bits per heavy atom. The van der Waals surface area contributed by atoms with Gasteiger partial charge in [0.1, 0.15) is 60.8 Å². The van der Waals surface area contributed by atoms with Gasteiger partial charge in [-0.3, -0.25) is 67.8 Å². The van der Waals surface area contributed by atoms with Gasteiger partial charge in [0.25, 0.3) is 11.5 Å².